The largest absolute Gasteiger partial charge is 0.314 e. The highest BCUT2D eigenvalue weighted by Crippen LogP contribution is 2.31. The van der Waals surface area contributed by atoms with Crippen LogP contribution in [0, 0.1) is 5.92 Å². The van der Waals surface area contributed by atoms with E-state index in [1.807, 2.05) is 0 Å². The van der Waals surface area contributed by atoms with Crippen molar-refractivity contribution in [2.75, 3.05) is 12.8 Å². The van der Waals surface area contributed by atoms with Crippen LogP contribution in [0.25, 0.3) is 0 Å². The summed E-state index contributed by atoms with van der Waals surface area (Å²) in [5, 5.41) is 3.46. The summed E-state index contributed by atoms with van der Waals surface area (Å²) in [6.07, 6.45) is 10.6. The Labute approximate surface area is 105 Å². The van der Waals surface area contributed by atoms with Crippen LogP contribution >= 0.6 is 0 Å². The average Bonchev–Trinajstić information content (AvgIpc) is 3.08. The molecule has 0 aromatic rings. The molecule has 0 amide bonds. The summed E-state index contributed by atoms with van der Waals surface area (Å²) in [6, 6.07) is 0.796. The molecule has 0 aromatic carbocycles. The van der Waals surface area contributed by atoms with E-state index in [1.54, 1.807) is 0 Å². The van der Waals surface area contributed by atoms with Gasteiger partial charge in [-0.05, 0) is 51.0 Å². The Balaban J connectivity index is 1.65. The number of sulfone groups is 1. The molecule has 2 atom stereocenters. The lowest BCUT2D eigenvalue weighted by atomic mass is 9.86. The molecule has 0 aliphatic heterocycles. The molecule has 2 saturated carbocycles. The zero-order valence-corrected chi connectivity index (χ0v) is 11.6. The van der Waals surface area contributed by atoms with E-state index in [4.69, 9.17) is 0 Å². The monoisotopic (exact) mass is 259 g/mol. The standard InChI is InChI=1S/C13H25NO2S/c1-17(15,16)13-6-2-4-11(10-13)5-3-9-14-12-7-8-12/h11-14H,2-10H2,1H3. The normalized spacial score (nSPS) is 30.4. The van der Waals surface area contributed by atoms with Crippen LogP contribution in [0.15, 0.2) is 0 Å². The Morgan fingerprint density at radius 1 is 1.18 bits per heavy atom. The van der Waals surface area contributed by atoms with Crippen molar-refractivity contribution in [3.63, 3.8) is 0 Å². The molecule has 0 spiro atoms. The first-order valence-electron chi connectivity index (χ1n) is 6.98. The minimum Gasteiger partial charge on any atom is -0.314 e. The second kappa shape index (κ2) is 5.70. The van der Waals surface area contributed by atoms with Crippen molar-refractivity contribution in [3.05, 3.63) is 0 Å². The third-order valence-corrected chi connectivity index (χ3v) is 5.78. The van der Waals surface area contributed by atoms with Crippen LogP contribution in [0.4, 0.5) is 0 Å². The van der Waals surface area contributed by atoms with Gasteiger partial charge in [0.2, 0.25) is 0 Å². The Bertz CT molecular complexity index is 335. The summed E-state index contributed by atoms with van der Waals surface area (Å²) in [7, 11) is -2.81. The maximum Gasteiger partial charge on any atom is 0.150 e. The Kier molecular flexibility index (Phi) is 4.47. The van der Waals surface area contributed by atoms with E-state index in [9.17, 15) is 8.42 Å². The van der Waals surface area contributed by atoms with Gasteiger partial charge in [-0.1, -0.05) is 12.8 Å². The predicted molar refractivity (Wildman–Crippen MR) is 70.8 cm³/mol. The highest BCUT2D eigenvalue weighted by molar-refractivity contribution is 7.91. The number of hydrogen-bond donors (Lipinski definition) is 1. The van der Waals surface area contributed by atoms with Gasteiger partial charge in [0, 0.05) is 12.3 Å². The zero-order chi connectivity index (χ0) is 12.3. The third-order valence-electron chi connectivity index (χ3n) is 4.14. The molecule has 1 N–H and O–H groups in total. The van der Waals surface area contributed by atoms with E-state index in [1.165, 1.54) is 38.4 Å². The highest BCUT2D eigenvalue weighted by atomic mass is 32.2. The Hall–Kier alpha value is -0.0900. The molecule has 100 valence electrons. The third kappa shape index (κ3) is 4.59. The maximum absolute atomic E-state index is 11.5. The molecule has 0 heterocycles. The van der Waals surface area contributed by atoms with Gasteiger partial charge in [0.25, 0.3) is 0 Å². The molecule has 2 unspecified atom stereocenters. The van der Waals surface area contributed by atoms with E-state index in [2.05, 4.69) is 5.32 Å². The van der Waals surface area contributed by atoms with Gasteiger partial charge < -0.3 is 5.32 Å². The lowest BCUT2D eigenvalue weighted by Crippen LogP contribution is -2.28. The van der Waals surface area contributed by atoms with Crippen LogP contribution in [-0.4, -0.2) is 32.5 Å². The van der Waals surface area contributed by atoms with Gasteiger partial charge in [-0.3, -0.25) is 0 Å². The molecule has 2 fully saturated rings. The van der Waals surface area contributed by atoms with Crippen molar-refractivity contribution in [3.8, 4) is 0 Å². The molecule has 0 radical (unpaired) electrons. The first-order valence-corrected chi connectivity index (χ1v) is 8.93. The first-order chi connectivity index (χ1) is 8.05. The van der Waals surface area contributed by atoms with Crippen molar-refractivity contribution in [1.29, 1.82) is 0 Å². The zero-order valence-electron chi connectivity index (χ0n) is 10.8. The predicted octanol–water partition coefficient (Wildman–Crippen LogP) is 2.12. The second-order valence-corrected chi connectivity index (χ2v) is 8.18. The first kappa shape index (κ1) is 13.3. The summed E-state index contributed by atoms with van der Waals surface area (Å²) < 4.78 is 23.1. The van der Waals surface area contributed by atoms with Gasteiger partial charge in [0.1, 0.15) is 9.84 Å². The minimum atomic E-state index is -2.81. The van der Waals surface area contributed by atoms with Crippen LogP contribution in [0.2, 0.25) is 0 Å². The van der Waals surface area contributed by atoms with Crippen molar-refractivity contribution in [2.45, 2.75) is 62.7 Å². The smallest absolute Gasteiger partial charge is 0.150 e. The molecule has 0 aromatic heterocycles. The van der Waals surface area contributed by atoms with Crippen molar-refractivity contribution in [1.82, 2.24) is 5.32 Å². The fourth-order valence-corrected chi connectivity index (χ4v) is 4.09. The topological polar surface area (TPSA) is 46.2 Å². The van der Waals surface area contributed by atoms with E-state index < -0.39 is 9.84 Å². The molecule has 2 aliphatic rings. The lowest BCUT2D eigenvalue weighted by molar-refractivity contribution is 0.330. The summed E-state index contributed by atoms with van der Waals surface area (Å²) in [5.41, 5.74) is 0. The van der Waals surface area contributed by atoms with Crippen LogP contribution < -0.4 is 5.32 Å². The van der Waals surface area contributed by atoms with Gasteiger partial charge >= 0.3 is 0 Å². The average molecular weight is 259 g/mol. The molecule has 3 nitrogen and oxygen atoms in total. The van der Waals surface area contributed by atoms with Gasteiger partial charge in [-0.15, -0.1) is 0 Å². The van der Waals surface area contributed by atoms with E-state index in [0.717, 1.165) is 31.8 Å². The summed E-state index contributed by atoms with van der Waals surface area (Å²) in [4.78, 5) is 0. The van der Waals surface area contributed by atoms with Gasteiger partial charge in [0.05, 0.1) is 5.25 Å². The lowest BCUT2D eigenvalue weighted by Gasteiger charge is -2.28. The SMILES string of the molecule is CS(=O)(=O)C1CCCC(CCCNC2CC2)C1. The fraction of sp³-hybridized carbons (Fsp3) is 1.00. The molecular formula is C13H25NO2S. The van der Waals surface area contributed by atoms with E-state index in [-0.39, 0.29) is 5.25 Å². The number of rotatable bonds is 6. The molecule has 0 saturated heterocycles. The van der Waals surface area contributed by atoms with Crippen LogP contribution in [-0.2, 0) is 9.84 Å². The van der Waals surface area contributed by atoms with E-state index >= 15 is 0 Å². The summed E-state index contributed by atoms with van der Waals surface area (Å²) in [6.45, 7) is 1.12. The molecule has 2 aliphatic carbocycles. The van der Waals surface area contributed by atoms with Gasteiger partial charge in [0.15, 0.2) is 0 Å². The molecule has 4 heteroatoms. The van der Waals surface area contributed by atoms with E-state index in [0.29, 0.717) is 5.92 Å². The molecule has 17 heavy (non-hydrogen) atoms. The van der Waals surface area contributed by atoms with Gasteiger partial charge in [-0.25, -0.2) is 8.42 Å². The fourth-order valence-electron chi connectivity index (χ4n) is 2.88. The number of hydrogen-bond acceptors (Lipinski definition) is 3. The quantitative estimate of drug-likeness (QED) is 0.743. The Morgan fingerprint density at radius 2 is 1.94 bits per heavy atom. The summed E-state index contributed by atoms with van der Waals surface area (Å²) >= 11 is 0. The minimum absolute atomic E-state index is 0.0577. The highest BCUT2D eigenvalue weighted by Gasteiger charge is 2.28. The second-order valence-electron chi connectivity index (χ2n) is 5.85. The van der Waals surface area contributed by atoms with Crippen molar-refractivity contribution >= 4 is 9.84 Å². The van der Waals surface area contributed by atoms with Crippen molar-refractivity contribution in [2.24, 2.45) is 5.92 Å². The summed E-state index contributed by atoms with van der Waals surface area (Å²) in [5.74, 6) is 0.643. The van der Waals surface area contributed by atoms with Gasteiger partial charge in [-0.2, -0.15) is 0 Å². The van der Waals surface area contributed by atoms with Crippen LogP contribution in [0.5, 0.6) is 0 Å². The molecule has 0 bridgehead atoms. The Morgan fingerprint density at radius 3 is 2.59 bits per heavy atom. The van der Waals surface area contributed by atoms with Crippen LogP contribution in [0.3, 0.4) is 0 Å². The number of nitrogens with one attached hydrogen (secondary N) is 1. The molecular weight excluding hydrogens is 234 g/mol. The molecule has 2 rings (SSSR count). The van der Waals surface area contributed by atoms with Crippen molar-refractivity contribution < 1.29 is 8.42 Å². The maximum atomic E-state index is 11.5. The van der Waals surface area contributed by atoms with Crippen LogP contribution in [0.1, 0.15) is 51.4 Å².